The van der Waals surface area contributed by atoms with Crippen LogP contribution in [0.15, 0.2) is 24.3 Å². The predicted octanol–water partition coefficient (Wildman–Crippen LogP) is -0.263. The summed E-state index contributed by atoms with van der Waals surface area (Å²) in [5, 5.41) is 12.6. The largest absolute Gasteiger partial charge is 0.352 e. The van der Waals surface area contributed by atoms with E-state index < -0.39 is 0 Å². The van der Waals surface area contributed by atoms with Gasteiger partial charge in [0.05, 0.1) is 0 Å². The molecule has 8 heteroatoms. The summed E-state index contributed by atoms with van der Waals surface area (Å²) in [6.45, 7) is 11.8. The molecule has 1 aromatic carbocycles. The quantitative estimate of drug-likeness (QED) is 0.393. The number of nitrogens with one attached hydrogen (secondary N) is 4. The summed E-state index contributed by atoms with van der Waals surface area (Å²) in [5.41, 5.74) is 1.18. The highest BCUT2D eigenvalue weighted by Crippen LogP contribution is 2.05. The Morgan fingerprint density at radius 2 is 1.07 bits per heavy atom. The van der Waals surface area contributed by atoms with E-state index in [1.165, 1.54) is 0 Å². The van der Waals surface area contributed by atoms with Gasteiger partial charge in [-0.05, 0) is 50.2 Å². The lowest BCUT2D eigenvalue weighted by Gasteiger charge is -2.27. The SMILES string of the molecule is O=C(NCCCN1CCNCC1)c1ccc(C(=O)NCCCN2CCNCC2)cc1. The summed E-state index contributed by atoms with van der Waals surface area (Å²) in [6, 6.07) is 6.89. The van der Waals surface area contributed by atoms with Gasteiger partial charge in [-0.1, -0.05) is 0 Å². The van der Waals surface area contributed by atoms with Gasteiger partial charge in [-0.15, -0.1) is 0 Å². The lowest BCUT2D eigenvalue weighted by Crippen LogP contribution is -2.44. The summed E-state index contributed by atoms with van der Waals surface area (Å²) < 4.78 is 0. The minimum absolute atomic E-state index is 0.0849. The lowest BCUT2D eigenvalue weighted by molar-refractivity contribution is 0.0939. The number of hydrogen-bond donors (Lipinski definition) is 4. The van der Waals surface area contributed by atoms with Gasteiger partial charge in [0.2, 0.25) is 0 Å². The number of carbonyl (C=O) groups is 2. The third-order valence-corrected chi connectivity index (χ3v) is 5.70. The zero-order valence-electron chi connectivity index (χ0n) is 17.9. The van der Waals surface area contributed by atoms with E-state index in [2.05, 4.69) is 31.1 Å². The van der Waals surface area contributed by atoms with Crippen LogP contribution in [0, 0.1) is 0 Å². The van der Waals surface area contributed by atoms with Crippen LogP contribution in [0.5, 0.6) is 0 Å². The summed E-state index contributed by atoms with van der Waals surface area (Å²) in [5.74, 6) is -0.170. The molecule has 2 fully saturated rings. The molecule has 3 rings (SSSR count). The van der Waals surface area contributed by atoms with Crippen molar-refractivity contribution in [3.8, 4) is 0 Å². The van der Waals surface area contributed by atoms with Gasteiger partial charge < -0.3 is 31.1 Å². The number of benzene rings is 1. The maximum absolute atomic E-state index is 12.3. The van der Waals surface area contributed by atoms with Crippen molar-refractivity contribution in [3.63, 3.8) is 0 Å². The number of rotatable bonds is 10. The van der Waals surface area contributed by atoms with Crippen molar-refractivity contribution in [1.82, 2.24) is 31.1 Å². The van der Waals surface area contributed by atoms with Crippen LogP contribution >= 0.6 is 0 Å². The summed E-state index contributed by atoms with van der Waals surface area (Å²) in [6.07, 6.45) is 1.89. The van der Waals surface area contributed by atoms with Gasteiger partial charge >= 0.3 is 0 Å². The summed E-state index contributed by atoms with van der Waals surface area (Å²) in [7, 11) is 0. The van der Waals surface area contributed by atoms with Crippen molar-refractivity contribution in [2.24, 2.45) is 0 Å². The molecule has 8 nitrogen and oxygen atoms in total. The molecule has 0 bridgehead atoms. The van der Waals surface area contributed by atoms with Gasteiger partial charge in [0.25, 0.3) is 11.8 Å². The van der Waals surface area contributed by atoms with Crippen LogP contribution in [-0.2, 0) is 0 Å². The Morgan fingerprint density at radius 1 is 0.700 bits per heavy atom. The van der Waals surface area contributed by atoms with Crippen LogP contribution in [0.1, 0.15) is 33.6 Å². The molecule has 4 N–H and O–H groups in total. The molecule has 0 atom stereocenters. The Balaban J connectivity index is 1.30. The maximum Gasteiger partial charge on any atom is 0.251 e. The van der Waals surface area contributed by atoms with Crippen molar-refractivity contribution < 1.29 is 9.59 Å². The average molecular weight is 417 g/mol. The van der Waals surface area contributed by atoms with Crippen LogP contribution in [0.25, 0.3) is 0 Å². The molecule has 30 heavy (non-hydrogen) atoms. The van der Waals surface area contributed by atoms with E-state index in [1.807, 2.05) is 0 Å². The fourth-order valence-electron chi connectivity index (χ4n) is 3.86. The standard InChI is InChI=1S/C22H36N6O2/c29-21(25-7-1-13-27-15-9-23-10-16-27)19-3-5-20(6-4-19)22(30)26-8-2-14-28-17-11-24-12-18-28/h3-6,23-24H,1-2,7-18H2,(H,25,29)(H,26,30). The molecule has 0 saturated carbocycles. The van der Waals surface area contributed by atoms with Crippen LogP contribution in [0.3, 0.4) is 0 Å². The topological polar surface area (TPSA) is 88.7 Å². The number of hydrogen-bond acceptors (Lipinski definition) is 6. The minimum atomic E-state index is -0.0849. The molecule has 0 unspecified atom stereocenters. The van der Waals surface area contributed by atoms with Crippen molar-refractivity contribution in [1.29, 1.82) is 0 Å². The fourth-order valence-corrected chi connectivity index (χ4v) is 3.86. The van der Waals surface area contributed by atoms with Crippen LogP contribution in [0.2, 0.25) is 0 Å². The van der Waals surface area contributed by atoms with Gasteiger partial charge in [0.15, 0.2) is 0 Å². The molecular formula is C22H36N6O2. The molecule has 0 aliphatic carbocycles. The molecule has 2 aliphatic heterocycles. The van der Waals surface area contributed by atoms with Crippen LogP contribution < -0.4 is 21.3 Å². The molecule has 166 valence electrons. The molecule has 0 radical (unpaired) electrons. The van der Waals surface area contributed by atoms with Crippen LogP contribution in [0.4, 0.5) is 0 Å². The Labute approximate surface area is 179 Å². The molecule has 2 heterocycles. The molecule has 0 aromatic heterocycles. The summed E-state index contributed by atoms with van der Waals surface area (Å²) >= 11 is 0. The molecule has 2 saturated heterocycles. The van der Waals surface area contributed by atoms with Gasteiger partial charge in [-0.25, -0.2) is 0 Å². The Morgan fingerprint density at radius 3 is 1.43 bits per heavy atom. The summed E-state index contributed by atoms with van der Waals surface area (Å²) in [4.78, 5) is 29.4. The first-order valence-electron chi connectivity index (χ1n) is 11.2. The molecule has 0 spiro atoms. The number of nitrogens with zero attached hydrogens (tertiary/aromatic N) is 2. The molecule has 2 aliphatic rings. The highest BCUT2D eigenvalue weighted by Gasteiger charge is 2.12. The predicted molar refractivity (Wildman–Crippen MR) is 119 cm³/mol. The average Bonchev–Trinajstić information content (AvgIpc) is 2.81. The van der Waals surface area contributed by atoms with E-state index in [-0.39, 0.29) is 11.8 Å². The smallest absolute Gasteiger partial charge is 0.251 e. The van der Waals surface area contributed by atoms with E-state index in [9.17, 15) is 9.59 Å². The minimum Gasteiger partial charge on any atom is -0.352 e. The lowest BCUT2D eigenvalue weighted by atomic mass is 10.1. The zero-order valence-corrected chi connectivity index (χ0v) is 17.9. The normalized spacial score (nSPS) is 18.1. The second-order valence-corrected chi connectivity index (χ2v) is 7.98. The Bertz CT molecular complexity index is 597. The number of amides is 2. The molecule has 1 aromatic rings. The highest BCUT2D eigenvalue weighted by molar-refractivity contribution is 5.97. The van der Waals surface area contributed by atoms with E-state index >= 15 is 0 Å². The van der Waals surface area contributed by atoms with Gasteiger partial charge in [0.1, 0.15) is 0 Å². The zero-order chi connectivity index (χ0) is 21.0. The van der Waals surface area contributed by atoms with E-state index in [4.69, 9.17) is 0 Å². The fraction of sp³-hybridized carbons (Fsp3) is 0.636. The second kappa shape index (κ2) is 12.6. The first-order valence-corrected chi connectivity index (χ1v) is 11.2. The van der Waals surface area contributed by atoms with E-state index in [1.54, 1.807) is 24.3 Å². The first-order chi connectivity index (χ1) is 14.7. The van der Waals surface area contributed by atoms with Gasteiger partial charge in [0, 0.05) is 76.6 Å². The van der Waals surface area contributed by atoms with Crippen LogP contribution in [-0.4, -0.2) is 100 Å². The Hall–Kier alpha value is -2.00. The van der Waals surface area contributed by atoms with E-state index in [0.29, 0.717) is 24.2 Å². The van der Waals surface area contributed by atoms with Gasteiger partial charge in [-0.3, -0.25) is 9.59 Å². The Kier molecular flexibility index (Phi) is 9.56. The monoisotopic (exact) mass is 416 g/mol. The maximum atomic E-state index is 12.3. The highest BCUT2D eigenvalue weighted by atomic mass is 16.2. The first kappa shape index (κ1) is 22.7. The third kappa shape index (κ3) is 7.68. The van der Waals surface area contributed by atoms with Crippen molar-refractivity contribution in [3.05, 3.63) is 35.4 Å². The number of carbonyl (C=O) groups excluding carboxylic acids is 2. The van der Waals surface area contributed by atoms with Crippen molar-refractivity contribution in [2.45, 2.75) is 12.8 Å². The molecule has 2 amide bonds. The van der Waals surface area contributed by atoms with Crippen molar-refractivity contribution >= 4 is 11.8 Å². The van der Waals surface area contributed by atoms with E-state index in [0.717, 1.165) is 78.3 Å². The van der Waals surface area contributed by atoms with Crippen molar-refractivity contribution in [2.75, 3.05) is 78.5 Å². The third-order valence-electron chi connectivity index (χ3n) is 5.70. The molecular weight excluding hydrogens is 380 g/mol. The number of piperazine rings is 2. The van der Waals surface area contributed by atoms with Gasteiger partial charge in [-0.2, -0.15) is 0 Å². The second-order valence-electron chi connectivity index (χ2n) is 7.98.